The van der Waals surface area contributed by atoms with Crippen LogP contribution in [0.1, 0.15) is 10.4 Å². The van der Waals surface area contributed by atoms with Gasteiger partial charge in [0.25, 0.3) is 0 Å². The van der Waals surface area contributed by atoms with Crippen molar-refractivity contribution in [2.75, 3.05) is 12.9 Å². The Morgan fingerprint density at radius 2 is 2.00 bits per heavy atom. The van der Waals surface area contributed by atoms with Crippen LogP contribution in [0, 0.1) is 11.8 Å². The minimum Gasteiger partial charge on any atom is -0.384 e. The van der Waals surface area contributed by atoms with E-state index in [4.69, 9.17) is 5.11 Å². The predicted octanol–water partition coefficient (Wildman–Crippen LogP) is 2.79. The molecule has 0 aliphatic carbocycles. The summed E-state index contributed by atoms with van der Waals surface area (Å²) in [6, 6.07) is 8.90. The Morgan fingerprint density at radius 3 is 2.62 bits per heavy atom. The van der Waals surface area contributed by atoms with E-state index >= 15 is 0 Å². The first-order valence-corrected chi connectivity index (χ1v) is 9.85. The van der Waals surface area contributed by atoms with Gasteiger partial charge in [-0.2, -0.15) is 0 Å². The van der Waals surface area contributed by atoms with E-state index in [2.05, 4.69) is 11.8 Å². The number of rotatable bonds is 4. The number of thiophene rings is 1. The molecule has 110 valence electrons. The Bertz CT molecular complexity index is 762. The van der Waals surface area contributed by atoms with E-state index in [1.54, 1.807) is 35.2 Å². The maximum absolute atomic E-state index is 11.4. The first kappa shape index (κ1) is 16.1. The SMILES string of the molecule is CS(=O)(=O)c1ccc(SCc2cc(C#CCO)cs2)cc1. The summed E-state index contributed by atoms with van der Waals surface area (Å²) < 4.78 is 22.8. The summed E-state index contributed by atoms with van der Waals surface area (Å²) in [7, 11) is -3.14. The van der Waals surface area contributed by atoms with Gasteiger partial charge in [0.15, 0.2) is 9.84 Å². The van der Waals surface area contributed by atoms with E-state index in [0.717, 1.165) is 16.2 Å². The molecule has 3 nitrogen and oxygen atoms in total. The predicted molar refractivity (Wildman–Crippen MR) is 87.4 cm³/mol. The number of hydrogen-bond acceptors (Lipinski definition) is 5. The average molecular weight is 338 g/mol. The second-order valence-corrected chi connectivity index (χ2v) is 8.35. The van der Waals surface area contributed by atoms with Crippen molar-refractivity contribution >= 4 is 32.9 Å². The highest BCUT2D eigenvalue weighted by Crippen LogP contribution is 2.27. The second-order valence-electron chi connectivity index (χ2n) is 4.29. The molecule has 0 saturated heterocycles. The van der Waals surface area contributed by atoms with Gasteiger partial charge >= 0.3 is 0 Å². The first-order valence-electron chi connectivity index (χ1n) is 6.09. The van der Waals surface area contributed by atoms with E-state index in [1.165, 1.54) is 11.1 Å². The minimum absolute atomic E-state index is 0.132. The van der Waals surface area contributed by atoms with Crippen LogP contribution < -0.4 is 0 Å². The summed E-state index contributed by atoms with van der Waals surface area (Å²) >= 11 is 3.27. The molecule has 1 aromatic carbocycles. The molecule has 6 heteroatoms. The third-order valence-corrected chi connectivity index (χ3v) is 5.91. The van der Waals surface area contributed by atoms with Gasteiger partial charge in [0.2, 0.25) is 0 Å². The molecule has 0 bridgehead atoms. The van der Waals surface area contributed by atoms with Gasteiger partial charge in [-0.1, -0.05) is 11.8 Å². The zero-order valence-corrected chi connectivity index (χ0v) is 13.8. The summed E-state index contributed by atoms with van der Waals surface area (Å²) in [5, 5.41) is 10.6. The topological polar surface area (TPSA) is 54.4 Å². The smallest absolute Gasteiger partial charge is 0.175 e. The molecule has 2 aromatic rings. The quantitative estimate of drug-likeness (QED) is 0.688. The number of hydrogen-bond donors (Lipinski definition) is 1. The van der Waals surface area contributed by atoms with Gasteiger partial charge in [-0.25, -0.2) is 8.42 Å². The highest BCUT2D eigenvalue weighted by Gasteiger charge is 2.06. The Morgan fingerprint density at radius 1 is 1.29 bits per heavy atom. The lowest BCUT2D eigenvalue weighted by Crippen LogP contribution is -1.95. The maximum Gasteiger partial charge on any atom is 0.175 e. The van der Waals surface area contributed by atoms with Gasteiger partial charge in [0.1, 0.15) is 6.61 Å². The molecule has 21 heavy (non-hydrogen) atoms. The van der Waals surface area contributed by atoms with E-state index < -0.39 is 9.84 Å². The van der Waals surface area contributed by atoms with Crippen molar-refractivity contribution in [1.29, 1.82) is 0 Å². The van der Waals surface area contributed by atoms with Crippen molar-refractivity contribution in [2.45, 2.75) is 15.5 Å². The van der Waals surface area contributed by atoms with Crippen LogP contribution in [0.5, 0.6) is 0 Å². The molecule has 1 heterocycles. The average Bonchev–Trinajstić information content (AvgIpc) is 2.90. The fraction of sp³-hybridized carbons (Fsp3) is 0.200. The number of aliphatic hydroxyl groups excluding tert-OH is 1. The largest absolute Gasteiger partial charge is 0.384 e. The van der Waals surface area contributed by atoms with Crippen molar-refractivity contribution in [3.8, 4) is 11.8 Å². The van der Waals surface area contributed by atoms with Crippen LogP contribution in [0.2, 0.25) is 0 Å². The Labute approximate surface area is 132 Å². The number of thioether (sulfide) groups is 1. The van der Waals surface area contributed by atoms with Gasteiger partial charge < -0.3 is 5.11 Å². The first-order chi connectivity index (χ1) is 9.99. The molecule has 0 aliphatic rings. The lowest BCUT2D eigenvalue weighted by Gasteiger charge is -2.02. The minimum atomic E-state index is -3.14. The molecule has 2 rings (SSSR count). The van der Waals surface area contributed by atoms with Crippen LogP contribution in [0.3, 0.4) is 0 Å². The normalized spacial score (nSPS) is 11.0. The third-order valence-electron chi connectivity index (χ3n) is 2.60. The van der Waals surface area contributed by atoms with E-state index in [9.17, 15) is 8.42 Å². The van der Waals surface area contributed by atoms with E-state index in [1.807, 2.05) is 23.6 Å². The van der Waals surface area contributed by atoms with Crippen LogP contribution in [0.15, 0.2) is 45.5 Å². The zero-order chi connectivity index (χ0) is 15.3. The molecule has 0 unspecified atom stereocenters. The number of benzene rings is 1. The molecule has 1 N–H and O–H groups in total. The summed E-state index contributed by atoms with van der Waals surface area (Å²) in [5.41, 5.74) is 0.914. The van der Waals surface area contributed by atoms with Gasteiger partial charge in [-0.05, 0) is 30.3 Å². The zero-order valence-electron chi connectivity index (χ0n) is 11.4. The Hall–Kier alpha value is -1.26. The fourth-order valence-electron chi connectivity index (χ4n) is 1.60. The van der Waals surface area contributed by atoms with Gasteiger partial charge in [0.05, 0.1) is 4.90 Å². The van der Waals surface area contributed by atoms with Crippen LogP contribution in [0.25, 0.3) is 0 Å². The molecule has 0 atom stereocenters. The number of sulfone groups is 1. The molecule has 0 fully saturated rings. The molecule has 0 saturated carbocycles. The summed E-state index contributed by atoms with van der Waals surface area (Å²) in [5.74, 6) is 6.30. The van der Waals surface area contributed by atoms with Crippen LogP contribution in [-0.4, -0.2) is 26.4 Å². The molecule has 0 aliphatic heterocycles. The van der Waals surface area contributed by atoms with Gasteiger partial charge in [-0.3, -0.25) is 0 Å². The third kappa shape index (κ3) is 4.90. The van der Waals surface area contributed by atoms with Crippen molar-refractivity contribution in [3.63, 3.8) is 0 Å². The Balaban J connectivity index is 1.98. The van der Waals surface area contributed by atoms with E-state index in [0.29, 0.717) is 4.90 Å². The molecule has 0 amide bonds. The molecule has 1 aromatic heterocycles. The fourth-order valence-corrected chi connectivity index (χ4v) is 4.00. The van der Waals surface area contributed by atoms with Crippen LogP contribution in [-0.2, 0) is 15.6 Å². The van der Waals surface area contributed by atoms with Crippen molar-refractivity contribution in [3.05, 3.63) is 46.2 Å². The monoisotopic (exact) mass is 338 g/mol. The van der Waals surface area contributed by atoms with Gasteiger partial charge in [0, 0.05) is 32.7 Å². The summed E-state index contributed by atoms with van der Waals surface area (Å²) in [6.45, 7) is -0.132. The van der Waals surface area contributed by atoms with Crippen LogP contribution >= 0.6 is 23.1 Å². The van der Waals surface area contributed by atoms with Crippen molar-refractivity contribution in [2.24, 2.45) is 0 Å². The lowest BCUT2D eigenvalue weighted by atomic mass is 10.3. The number of aliphatic hydroxyl groups is 1. The maximum atomic E-state index is 11.4. The molecule has 0 radical (unpaired) electrons. The highest BCUT2D eigenvalue weighted by atomic mass is 32.2. The van der Waals surface area contributed by atoms with Crippen LogP contribution in [0.4, 0.5) is 0 Å². The standard InChI is InChI=1S/C15H14O3S3/c1-21(17,18)15-6-4-13(5-7-15)20-11-14-9-12(10-19-14)3-2-8-16/h4-7,9-10,16H,8,11H2,1H3. The van der Waals surface area contributed by atoms with Crippen molar-refractivity contribution in [1.82, 2.24) is 0 Å². The van der Waals surface area contributed by atoms with E-state index in [-0.39, 0.29) is 6.61 Å². The van der Waals surface area contributed by atoms with Crippen molar-refractivity contribution < 1.29 is 13.5 Å². The second kappa shape index (κ2) is 7.14. The molecular formula is C15H14O3S3. The lowest BCUT2D eigenvalue weighted by molar-refractivity contribution is 0.350. The highest BCUT2D eigenvalue weighted by molar-refractivity contribution is 7.98. The molecular weight excluding hydrogens is 324 g/mol. The van der Waals surface area contributed by atoms with Gasteiger partial charge in [-0.15, -0.1) is 23.1 Å². The summed E-state index contributed by atoms with van der Waals surface area (Å²) in [4.78, 5) is 2.55. The summed E-state index contributed by atoms with van der Waals surface area (Å²) in [6.07, 6.45) is 1.20. The molecule has 0 spiro atoms. The Kier molecular flexibility index (Phi) is 5.48.